The number of H-pyrrole nitrogens is 1. The van der Waals surface area contributed by atoms with E-state index in [1.165, 1.54) is 12.1 Å². The second kappa shape index (κ2) is 4.06. The molecule has 2 aromatic rings. The second-order valence-electron chi connectivity index (χ2n) is 4.41. The van der Waals surface area contributed by atoms with Crippen molar-refractivity contribution in [3.63, 3.8) is 0 Å². The van der Waals surface area contributed by atoms with Crippen molar-refractivity contribution in [1.82, 2.24) is 14.9 Å². The Morgan fingerprint density at radius 2 is 2.17 bits per heavy atom. The van der Waals surface area contributed by atoms with E-state index in [0.717, 1.165) is 30.0 Å². The Balaban J connectivity index is 2.32. The molecular formula is C12H12FN3O2. The lowest BCUT2D eigenvalue weighted by Gasteiger charge is -2.13. The third-order valence-corrected chi connectivity index (χ3v) is 3.24. The van der Waals surface area contributed by atoms with Crippen LogP contribution in [0.25, 0.3) is 10.9 Å². The van der Waals surface area contributed by atoms with Crippen LogP contribution in [0.3, 0.4) is 0 Å². The van der Waals surface area contributed by atoms with Gasteiger partial charge in [-0.25, -0.2) is 13.8 Å². The standard InChI is InChI=1S/C12H12FN3O2/c13-7-3-4-9-8(6-7)11(17)16(12(18)15-9)10-2-1-5-14-10/h3-4,6,10,14H,1-2,5H2,(H,15,18). The zero-order chi connectivity index (χ0) is 12.7. The molecule has 1 atom stereocenters. The van der Waals surface area contributed by atoms with E-state index < -0.39 is 17.1 Å². The molecular weight excluding hydrogens is 237 g/mol. The number of hydrogen-bond acceptors (Lipinski definition) is 3. The van der Waals surface area contributed by atoms with Crippen molar-refractivity contribution in [2.75, 3.05) is 6.54 Å². The fourth-order valence-corrected chi connectivity index (χ4v) is 2.37. The van der Waals surface area contributed by atoms with Crippen molar-refractivity contribution in [2.45, 2.75) is 19.0 Å². The van der Waals surface area contributed by atoms with Crippen LogP contribution in [0, 0.1) is 5.82 Å². The number of benzene rings is 1. The highest BCUT2D eigenvalue weighted by Crippen LogP contribution is 2.14. The monoisotopic (exact) mass is 249 g/mol. The fraction of sp³-hybridized carbons (Fsp3) is 0.333. The highest BCUT2D eigenvalue weighted by atomic mass is 19.1. The maximum atomic E-state index is 13.2. The van der Waals surface area contributed by atoms with Crippen LogP contribution < -0.4 is 16.6 Å². The average molecular weight is 249 g/mol. The van der Waals surface area contributed by atoms with Gasteiger partial charge < -0.3 is 4.98 Å². The van der Waals surface area contributed by atoms with Gasteiger partial charge in [0, 0.05) is 0 Å². The van der Waals surface area contributed by atoms with Gasteiger partial charge >= 0.3 is 5.69 Å². The molecule has 94 valence electrons. The van der Waals surface area contributed by atoms with Crippen molar-refractivity contribution in [2.24, 2.45) is 0 Å². The van der Waals surface area contributed by atoms with E-state index in [9.17, 15) is 14.0 Å². The molecule has 1 saturated heterocycles. The molecule has 0 aliphatic carbocycles. The molecule has 1 aliphatic heterocycles. The molecule has 3 rings (SSSR count). The Kier molecular flexibility index (Phi) is 2.52. The Labute approximate surface area is 101 Å². The number of hydrogen-bond donors (Lipinski definition) is 2. The minimum absolute atomic E-state index is 0.197. The summed E-state index contributed by atoms with van der Waals surface area (Å²) in [5.41, 5.74) is -0.549. The maximum Gasteiger partial charge on any atom is 0.330 e. The number of aromatic nitrogens is 2. The Morgan fingerprint density at radius 1 is 1.33 bits per heavy atom. The van der Waals surface area contributed by atoms with Crippen LogP contribution in [0.15, 0.2) is 27.8 Å². The topological polar surface area (TPSA) is 66.9 Å². The van der Waals surface area contributed by atoms with Crippen molar-refractivity contribution >= 4 is 10.9 Å². The minimum atomic E-state index is -0.488. The van der Waals surface area contributed by atoms with Gasteiger partial charge in [-0.1, -0.05) is 0 Å². The number of nitrogens with zero attached hydrogens (tertiary/aromatic N) is 1. The molecule has 5 nitrogen and oxygen atoms in total. The van der Waals surface area contributed by atoms with Gasteiger partial charge in [0.15, 0.2) is 0 Å². The zero-order valence-corrected chi connectivity index (χ0v) is 9.57. The SMILES string of the molecule is O=c1[nH]c2ccc(F)cc2c(=O)n1C1CCCN1. The Hall–Kier alpha value is -1.95. The normalized spacial score (nSPS) is 19.5. The molecule has 0 bridgehead atoms. The number of aromatic amines is 1. The van der Waals surface area contributed by atoms with Gasteiger partial charge in [0.2, 0.25) is 0 Å². The van der Waals surface area contributed by atoms with Gasteiger partial charge in [-0.2, -0.15) is 0 Å². The van der Waals surface area contributed by atoms with Crippen LogP contribution in [0.2, 0.25) is 0 Å². The molecule has 18 heavy (non-hydrogen) atoms. The lowest BCUT2D eigenvalue weighted by molar-refractivity contribution is 0.439. The second-order valence-corrected chi connectivity index (χ2v) is 4.41. The average Bonchev–Trinajstić information content (AvgIpc) is 2.84. The van der Waals surface area contributed by atoms with Crippen LogP contribution in [-0.4, -0.2) is 16.1 Å². The van der Waals surface area contributed by atoms with Crippen LogP contribution >= 0.6 is 0 Å². The molecule has 1 aromatic carbocycles. The van der Waals surface area contributed by atoms with Crippen molar-refractivity contribution in [1.29, 1.82) is 0 Å². The first-order valence-electron chi connectivity index (χ1n) is 5.84. The van der Waals surface area contributed by atoms with Crippen LogP contribution in [0.5, 0.6) is 0 Å². The summed E-state index contributed by atoms with van der Waals surface area (Å²) in [6.07, 6.45) is 1.34. The molecule has 0 spiro atoms. The number of nitrogens with one attached hydrogen (secondary N) is 2. The Morgan fingerprint density at radius 3 is 2.89 bits per heavy atom. The van der Waals surface area contributed by atoms with E-state index in [2.05, 4.69) is 10.3 Å². The smallest absolute Gasteiger partial charge is 0.307 e. The fourth-order valence-electron chi connectivity index (χ4n) is 2.37. The summed E-state index contributed by atoms with van der Waals surface area (Å²) in [6.45, 7) is 0.776. The van der Waals surface area contributed by atoms with E-state index in [4.69, 9.17) is 0 Å². The maximum absolute atomic E-state index is 13.2. The summed E-state index contributed by atoms with van der Waals surface area (Å²) in [6, 6.07) is 3.77. The Bertz CT molecular complexity index is 713. The molecule has 1 unspecified atom stereocenters. The molecule has 1 aliphatic rings. The van der Waals surface area contributed by atoms with Crippen LogP contribution in [-0.2, 0) is 0 Å². The first-order chi connectivity index (χ1) is 8.66. The molecule has 0 saturated carbocycles. The number of rotatable bonds is 1. The van der Waals surface area contributed by atoms with Crippen molar-refractivity contribution in [3.8, 4) is 0 Å². The molecule has 1 fully saturated rings. The van der Waals surface area contributed by atoms with Crippen molar-refractivity contribution < 1.29 is 4.39 Å². The van der Waals surface area contributed by atoms with E-state index in [-0.39, 0.29) is 11.6 Å². The third kappa shape index (κ3) is 1.65. The molecule has 2 heterocycles. The zero-order valence-electron chi connectivity index (χ0n) is 9.57. The van der Waals surface area contributed by atoms with Gasteiger partial charge in [0.05, 0.1) is 17.1 Å². The van der Waals surface area contributed by atoms with Crippen LogP contribution in [0.4, 0.5) is 4.39 Å². The molecule has 6 heteroatoms. The lowest BCUT2D eigenvalue weighted by Crippen LogP contribution is -2.41. The first-order valence-corrected chi connectivity index (χ1v) is 5.84. The van der Waals surface area contributed by atoms with E-state index >= 15 is 0 Å². The van der Waals surface area contributed by atoms with E-state index in [0.29, 0.717) is 5.52 Å². The molecule has 0 radical (unpaired) electrons. The third-order valence-electron chi connectivity index (χ3n) is 3.24. The molecule has 2 N–H and O–H groups in total. The molecule has 0 amide bonds. The summed E-state index contributed by atoms with van der Waals surface area (Å²) in [5.74, 6) is -0.488. The highest BCUT2D eigenvalue weighted by molar-refractivity contribution is 5.77. The summed E-state index contributed by atoms with van der Waals surface area (Å²) in [4.78, 5) is 26.7. The van der Waals surface area contributed by atoms with Gasteiger partial charge in [-0.3, -0.25) is 10.1 Å². The van der Waals surface area contributed by atoms with E-state index in [1.54, 1.807) is 0 Å². The van der Waals surface area contributed by atoms with Gasteiger partial charge in [-0.15, -0.1) is 0 Å². The number of halogens is 1. The van der Waals surface area contributed by atoms with Crippen molar-refractivity contribution in [3.05, 3.63) is 44.9 Å². The van der Waals surface area contributed by atoms with Gasteiger partial charge in [0.25, 0.3) is 5.56 Å². The first kappa shape index (κ1) is 11.2. The summed E-state index contributed by atoms with van der Waals surface area (Å²) in [7, 11) is 0. The predicted octanol–water partition coefficient (Wildman–Crippen LogP) is 0.711. The summed E-state index contributed by atoms with van der Waals surface area (Å²) < 4.78 is 14.3. The van der Waals surface area contributed by atoms with E-state index in [1.807, 2.05) is 0 Å². The van der Waals surface area contributed by atoms with Crippen LogP contribution in [0.1, 0.15) is 19.0 Å². The van der Waals surface area contributed by atoms with Gasteiger partial charge in [0.1, 0.15) is 5.82 Å². The number of fused-ring (bicyclic) bond motifs is 1. The predicted molar refractivity (Wildman–Crippen MR) is 65.1 cm³/mol. The summed E-state index contributed by atoms with van der Waals surface area (Å²) in [5, 5.41) is 3.28. The largest absolute Gasteiger partial charge is 0.330 e. The highest BCUT2D eigenvalue weighted by Gasteiger charge is 2.20. The molecule has 1 aromatic heterocycles. The quantitative estimate of drug-likeness (QED) is 0.782. The lowest BCUT2D eigenvalue weighted by atomic mass is 10.2. The minimum Gasteiger partial charge on any atom is -0.307 e. The van der Waals surface area contributed by atoms with Gasteiger partial charge in [-0.05, 0) is 37.6 Å². The summed E-state index contributed by atoms with van der Waals surface area (Å²) >= 11 is 0.